The summed E-state index contributed by atoms with van der Waals surface area (Å²) in [6, 6.07) is 6.27. The monoisotopic (exact) mass is 255 g/mol. The maximum absolute atomic E-state index is 10.7. The molecule has 1 rings (SSSR count). The number of hydrogen-bond donors (Lipinski definition) is 0. The Kier molecular flexibility index (Phi) is 6.75. The Balaban J connectivity index is 2.25. The number of nitro groups is 1. The Morgan fingerprint density at radius 2 is 1.78 bits per heavy atom. The summed E-state index contributed by atoms with van der Waals surface area (Å²) in [4.78, 5) is 10.2. The van der Waals surface area contributed by atoms with Crippen LogP contribution in [0.3, 0.4) is 0 Å². The molecule has 6 heteroatoms. The minimum absolute atomic E-state index is 0.0354. The molecule has 0 saturated carbocycles. The van der Waals surface area contributed by atoms with Crippen molar-refractivity contribution in [2.45, 2.75) is 6.92 Å². The molecule has 0 aliphatic carbocycles. The predicted octanol–water partition coefficient (Wildman–Crippen LogP) is 2.03. The molecule has 0 aliphatic heterocycles. The van der Waals surface area contributed by atoms with Gasteiger partial charge in [0.1, 0.15) is 6.61 Å². The van der Waals surface area contributed by atoms with Crippen molar-refractivity contribution in [2.24, 2.45) is 0 Å². The maximum Gasteiger partial charge on any atom is 0.310 e. The summed E-state index contributed by atoms with van der Waals surface area (Å²) in [6.45, 7) is 4.26. The van der Waals surface area contributed by atoms with Gasteiger partial charge in [-0.15, -0.1) is 0 Å². The summed E-state index contributed by atoms with van der Waals surface area (Å²) >= 11 is 0. The van der Waals surface area contributed by atoms with Gasteiger partial charge in [-0.25, -0.2) is 0 Å². The molecule has 100 valence electrons. The van der Waals surface area contributed by atoms with Crippen molar-refractivity contribution in [3.05, 3.63) is 34.4 Å². The Morgan fingerprint density at radius 3 is 2.50 bits per heavy atom. The van der Waals surface area contributed by atoms with E-state index < -0.39 is 4.92 Å². The number of nitrogens with zero attached hydrogens (tertiary/aromatic N) is 1. The summed E-state index contributed by atoms with van der Waals surface area (Å²) in [5.74, 6) is 0.260. The second-order valence-corrected chi connectivity index (χ2v) is 3.38. The summed E-state index contributed by atoms with van der Waals surface area (Å²) in [5.41, 5.74) is -0.0354. The van der Waals surface area contributed by atoms with Crippen LogP contribution in [-0.4, -0.2) is 38.0 Å². The van der Waals surface area contributed by atoms with Crippen molar-refractivity contribution in [3.8, 4) is 5.75 Å². The molecule has 6 nitrogen and oxygen atoms in total. The summed E-state index contributed by atoms with van der Waals surface area (Å²) in [6.07, 6.45) is 0. The van der Waals surface area contributed by atoms with Crippen LogP contribution in [0.25, 0.3) is 0 Å². The SMILES string of the molecule is CCOCCOCCOc1ccccc1[N+](=O)[O-]. The van der Waals surface area contributed by atoms with Crippen molar-refractivity contribution in [3.63, 3.8) is 0 Å². The van der Waals surface area contributed by atoms with E-state index in [1.807, 2.05) is 6.92 Å². The molecule has 0 heterocycles. The van der Waals surface area contributed by atoms with Crippen molar-refractivity contribution in [1.82, 2.24) is 0 Å². The van der Waals surface area contributed by atoms with Gasteiger partial charge in [0.2, 0.25) is 0 Å². The maximum atomic E-state index is 10.7. The number of ether oxygens (including phenoxy) is 3. The van der Waals surface area contributed by atoms with Crippen LogP contribution in [0.1, 0.15) is 6.92 Å². The molecular weight excluding hydrogens is 238 g/mol. The van der Waals surface area contributed by atoms with Crippen molar-refractivity contribution >= 4 is 5.69 Å². The molecule has 1 aromatic carbocycles. The normalized spacial score (nSPS) is 10.3. The molecule has 0 aromatic heterocycles. The molecule has 18 heavy (non-hydrogen) atoms. The quantitative estimate of drug-likeness (QED) is 0.383. The molecule has 0 fully saturated rings. The van der Waals surface area contributed by atoms with Crippen molar-refractivity contribution in [2.75, 3.05) is 33.0 Å². The lowest BCUT2D eigenvalue weighted by molar-refractivity contribution is -0.385. The first kappa shape index (κ1) is 14.4. The molecule has 0 N–H and O–H groups in total. The van der Waals surface area contributed by atoms with Gasteiger partial charge in [0.05, 0.1) is 24.7 Å². The first-order valence-corrected chi connectivity index (χ1v) is 5.77. The third-order valence-electron chi connectivity index (χ3n) is 2.12. The first-order chi connectivity index (χ1) is 8.75. The molecular formula is C12H17NO5. The predicted molar refractivity (Wildman–Crippen MR) is 65.9 cm³/mol. The van der Waals surface area contributed by atoms with E-state index in [0.29, 0.717) is 26.4 Å². The highest BCUT2D eigenvalue weighted by atomic mass is 16.6. The van der Waals surface area contributed by atoms with Gasteiger partial charge >= 0.3 is 5.69 Å². The lowest BCUT2D eigenvalue weighted by Crippen LogP contribution is -2.11. The van der Waals surface area contributed by atoms with Crippen LogP contribution in [0.4, 0.5) is 5.69 Å². The highest BCUT2D eigenvalue weighted by Crippen LogP contribution is 2.25. The summed E-state index contributed by atoms with van der Waals surface area (Å²) < 4.78 is 15.6. The van der Waals surface area contributed by atoms with Gasteiger partial charge in [-0.1, -0.05) is 12.1 Å². The fourth-order valence-electron chi connectivity index (χ4n) is 1.30. The van der Waals surface area contributed by atoms with Gasteiger partial charge in [0.15, 0.2) is 5.75 Å². The van der Waals surface area contributed by atoms with Crippen LogP contribution in [0.5, 0.6) is 5.75 Å². The summed E-state index contributed by atoms with van der Waals surface area (Å²) in [7, 11) is 0. The number of rotatable bonds is 9. The summed E-state index contributed by atoms with van der Waals surface area (Å²) in [5, 5.41) is 10.7. The van der Waals surface area contributed by atoms with Gasteiger partial charge in [-0.05, 0) is 13.0 Å². The third-order valence-corrected chi connectivity index (χ3v) is 2.12. The average molecular weight is 255 g/mol. The van der Waals surface area contributed by atoms with Crippen molar-refractivity contribution < 1.29 is 19.1 Å². The zero-order chi connectivity index (χ0) is 13.2. The van der Waals surface area contributed by atoms with Crippen LogP contribution in [0, 0.1) is 10.1 Å². The second kappa shape index (κ2) is 8.43. The van der Waals surface area contributed by atoms with E-state index in [-0.39, 0.29) is 18.0 Å². The Morgan fingerprint density at radius 1 is 1.11 bits per heavy atom. The molecule has 0 aliphatic rings. The smallest absolute Gasteiger partial charge is 0.310 e. The topological polar surface area (TPSA) is 70.8 Å². The van der Waals surface area contributed by atoms with E-state index in [9.17, 15) is 10.1 Å². The van der Waals surface area contributed by atoms with E-state index in [2.05, 4.69) is 0 Å². The molecule has 0 radical (unpaired) electrons. The highest BCUT2D eigenvalue weighted by molar-refractivity contribution is 5.45. The standard InChI is InChI=1S/C12H17NO5/c1-2-16-7-8-17-9-10-18-12-6-4-3-5-11(12)13(14)15/h3-6H,2,7-10H2,1H3. The molecule has 0 spiro atoms. The first-order valence-electron chi connectivity index (χ1n) is 5.77. The van der Waals surface area contributed by atoms with E-state index in [0.717, 1.165) is 0 Å². The number of nitro benzene ring substituents is 1. The second-order valence-electron chi connectivity index (χ2n) is 3.38. The molecule has 0 amide bonds. The van der Waals surface area contributed by atoms with E-state index in [1.165, 1.54) is 6.07 Å². The van der Waals surface area contributed by atoms with Crippen molar-refractivity contribution in [1.29, 1.82) is 0 Å². The van der Waals surface area contributed by atoms with E-state index in [4.69, 9.17) is 14.2 Å². The zero-order valence-electron chi connectivity index (χ0n) is 10.3. The molecule has 0 atom stereocenters. The number of hydrogen-bond acceptors (Lipinski definition) is 5. The Labute approximate surface area is 106 Å². The van der Waals surface area contributed by atoms with Gasteiger partial charge in [0.25, 0.3) is 0 Å². The van der Waals surface area contributed by atoms with E-state index in [1.54, 1.807) is 18.2 Å². The van der Waals surface area contributed by atoms with Gasteiger partial charge < -0.3 is 14.2 Å². The molecule has 0 bridgehead atoms. The van der Waals surface area contributed by atoms with Crippen LogP contribution < -0.4 is 4.74 Å². The van der Waals surface area contributed by atoms with Gasteiger partial charge in [0, 0.05) is 12.7 Å². The lowest BCUT2D eigenvalue weighted by Gasteiger charge is -2.07. The molecule has 0 saturated heterocycles. The fraction of sp³-hybridized carbons (Fsp3) is 0.500. The lowest BCUT2D eigenvalue weighted by atomic mass is 10.3. The molecule has 0 unspecified atom stereocenters. The van der Waals surface area contributed by atoms with Crippen LogP contribution >= 0.6 is 0 Å². The third kappa shape index (κ3) is 5.11. The van der Waals surface area contributed by atoms with Gasteiger partial charge in [-0.2, -0.15) is 0 Å². The van der Waals surface area contributed by atoms with Crippen LogP contribution in [-0.2, 0) is 9.47 Å². The minimum atomic E-state index is -0.467. The Bertz CT molecular complexity index is 369. The zero-order valence-corrected chi connectivity index (χ0v) is 10.3. The largest absolute Gasteiger partial charge is 0.484 e. The Hall–Kier alpha value is -1.66. The minimum Gasteiger partial charge on any atom is -0.484 e. The van der Waals surface area contributed by atoms with Crippen LogP contribution in [0.15, 0.2) is 24.3 Å². The highest BCUT2D eigenvalue weighted by Gasteiger charge is 2.12. The van der Waals surface area contributed by atoms with Gasteiger partial charge in [-0.3, -0.25) is 10.1 Å². The number of benzene rings is 1. The van der Waals surface area contributed by atoms with E-state index >= 15 is 0 Å². The number of para-hydroxylation sites is 2. The van der Waals surface area contributed by atoms with Crippen LogP contribution in [0.2, 0.25) is 0 Å². The molecule has 1 aromatic rings. The fourth-order valence-corrected chi connectivity index (χ4v) is 1.30. The average Bonchev–Trinajstić information content (AvgIpc) is 2.38.